The molecular weight excluding hydrogens is 226 g/mol. The van der Waals surface area contributed by atoms with Crippen LogP contribution in [0.4, 0.5) is 0 Å². The lowest BCUT2D eigenvalue weighted by molar-refractivity contribution is -0.121. The van der Waals surface area contributed by atoms with E-state index in [1.54, 1.807) is 11.8 Å². The van der Waals surface area contributed by atoms with E-state index in [2.05, 4.69) is 10.4 Å². The van der Waals surface area contributed by atoms with Crippen molar-refractivity contribution in [3.63, 3.8) is 0 Å². The summed E-state index contributed by atoms with van der Waals surface area (Å²) < 4.78 is 5.42. The Kier molecular flexibility index (Phi) is 5.34. The van der Waals surface area contributed by atoms with E-state index < -0.39 is 0 Å². The zero-order valence-electron chi connectivity index (χ0n) is 9.58. The number of hydrazine groups is 1. The predicted octanol–water partition coefficient (Wildman–Crippen LogP) is 1.54. The highest BCUT2D eigenvalue weighted by atomic mass is 32.2. The number of carbonyl (C=O) groups excluding carboxylic acids is 1. The number of aryl methyl sites for hydroxylation is 2. The third-order valence-corrected chi connectivity index (χ3v) is 3.11. The van der Waals surface area contributed by atoms with Crippen molar-refractivity contribution in [1.29, 1.82) is 0 Å². The highest BCUT2D eigenvalue weighted by Crippen LogP contribution is 2.21. The van der Waals surface area contributed by atoms with E-state index in [-0.39, 0.29) is 5.91 Å². The molecule has 1 rings (SSSR count). The second-order valence-electron chi connectivity index (χ2n) is 3.49. The molecule has 16 heavy (non-hydrogen) atoms. The van der Waals surface area contributed by atoms with Gasteiger partial charge in [0.15, 0.2) is 0 Å². The molecule has 90 valence electrons. The largest absolute Gasteiger partial charge is 0.437 e. The van der Waals surface area contributed by atoms with Crippen molar-refractivity contribution in [2.75, 3.05) is 5.75 Å². The van der Waals surface area contributed by atoms with Gasteiger partial charge in [-0.1, -0.05) is 11.8 Å². The van der Waals surface area contributed by atoms with Crippen molar-refractivity contribution in [3.05, 3.63) is 11.5 Å². The molecule has 0 aromatic carbocycles. The summed E-state index contributed by atoms with van der Waals surface area (Å²) in [6.07, 6.45) is 2.24. The summed E-state index contributed by atoms with van der Waals surface area (Å²) in [5, 5.41) is 0.707. The number of nitrogens with one attached hydrogen (secondary N) is 1. The van der Waals surface area contributed by atoms with Crippen molar-refractivity contribution in [2.24, 2.45) is 5.84 Å². The van der Waals surface area contributed by atoms with E-state index in [9.17, 15) is 4.79 Å². The molecule has 6 heteroatoms. The molecular formula is C10H17N3O2S. The van der Waals surface area contributed by atoms with Gasteiger partial charge in [0.25, 0.3) is 5.22 Å². The van der Waals surface area contributed by atoms with E-state index >= 15 is 0 Å². The number of nitrogens with zero attached hydrogens (tertiary/aromatic N) is 1. The molecule has 0 bridgehead atoms. The van der Waals surface area contributed by atoms with Gasteiger partial charge in [0.2, 0.25) is 5.91 Å². The van der Waals surface area contributed by atoms with E-state index in [1.165, 1.54) is 0 Å². The fraction of sp³-hybridized carbons (Fsp3) is 0.600. The smallest absolute Gasteiger partial charge is 0.256 e. The second-order valence-corrected chi connectivity index (χ2v) is 4.54. The van der Waals surface area contributed by atoms with Gasteiger partial charge < -0.3 is 4.42 Å². The van der Waals surface area contributed by atoms with Gasteiger partial charge >= 0.3 is 0 Å². The van der Waals surface area contributed by atoms with Crippen LogP contribution in [0.1, 0.15) is 30.7 Å². The summed E-state index contributed by atoms with van der Waals surface area (Å²) in [5.41, 5.74) is 3.04. The van der Waals surface area contributed by atoms with Gasteiger partial charge in [-0.15, -0.1) is 0 Å². The second kappa shape index (κ2) is 6.55. The third-order valence-electron chi connectivity index (χ3n) is 2.19. The van der Waals surface area contributed by atoms with Crippen molar-refractivity contribution >= 4 is 17.7 Å². The average molecular weight is 243 g/mol. The van der Waals surface area contributed by atoms with Crippen LogP contribution in [-0.4, -0.2) is 16.6 Å². The first-order valence-corrected chi connectivity index (χ1v) is 6.18. The maximum Gasteiger partial charge on any atom is 0.256 e. The lowest BCUT2D eigenvalue weighted by Gasteiger charge is -1.98. The lowest BCUT2D eigenvalue weighted by atomic mass is 10.2. The van der Waals surface area contributed by atoms with E-state index in [0.29, 0.717) is 11.6 Å². The Hall–Kier alpha value is -1.01. The number of aromatic nitrogens is 1. The lowest BCUT2D eigenvalue weighted by Crippen LogP contribution is -2.29. The molecule has 1 heterocycles. The Labute approximate surface area is 99.1 Å². The van der Waals surface area contributed by atoms with Crippen LogP contribution >= 0.6 is 11.8 Å². The monoisotopic (exact) mass is 243 g/mol. The molecule has 0 atom stereocenters. The number of hydrogen-bond acceptors (Lipinski definition) is 5. The molecule has 1 aromatic rings. The number of carbonyl (C=O) groups is 1. The zero-order valence-corrected chi connectivity index (χ0v) is 10.4. The summed E-state index contributed by atoms with van der Waals surface area (Å²) in [4.78, 5) is 15.1. The Bertz CT molecular complexity index is 332. The number of hydrogen-bond donors (Lipinski definition) is 2. The topological polar surface area (TPSA) is 81.2 Å². The quantitative estimate of drug-likeness (QED) is 0.260. The minimum atomic E-state index is -0.118. The molecule has 0 unspecified atom stereocenters. The molecule has 0 saturated carbocycles. The van der Waals surface area contributed by atoms with Gasteiger partial charge in [-0.05, 0) is 26.7 Å². The van der Waals surface area contributed by atoms with Gasteiger partial charge in [0.05, 0.1) is 5.69 Å². The molecule has 1 aromatic heterocycles. The maximum atomic E-state index is 10.8. The molecule has 5 nitrogen and oxygen atoms in total. The highest BCUT2D eigenvalue weighted by molar-refractivity contribution is 7.99. The van der Waals surface area contributed by atoms with Crippen LogP contribution in [0.2, 0.25) is 0 Å². The number of nitrogens with two attached hydrogens (primary N) is 1. The summed E-state index contributed by atoms with van der Waals surface area (Å²) in [6.45, 7) is 3.83. The minimum Gasteiger partial charge on any atom is -0.437 e. The van der Waals surface area contributed by atoms with Gasteiger partial charge in [-0.3, -0.25) is 10.2 Å². The van der Waals surface area contributed by atoms with Crippen LogP contribution in [0, 0.1) is 13.8 Å². The number of rotatable bonds is 6. The van der Waals surface area contributed by atoms with Crippen molar-refractivity contribution in [2.45, 2.75) is 38.3 Å². The predicted molar refractivity (Wildman–Crippen MR) is 62.9 cm³/mol. The SMILES string of the molecule is Cc1nc(SCCCCC(=O)NN)oc1C. The van der Waals surface area contributed by atoms with E-state index in [4.69, 9.17) is 10.3 Å². The fourth-order valence-electron chi connectivity index (χ4n) is 1.12. The van der Waals surface area contributed by atoms with E-state index in [1.807, 2.05) is 13.8 Å². The van der Waals surface area contributed by atoms with Crippen LogP contribution in [0.15, 0.2) is 9.64 Å². The van der Waals surface area contributed by atoms with Gasteiger partial charge in [-0.2, -0.15) is 0 Å². The summed E-state index contributed by atoms with van der Waals surface area (Å²) in [6, 6.07) is 0. The molecule has 0 aliphatic rings. The molecule has 0 radical (unpaired) electrons. The van der Waals surface area contributed by atoms with Gasteiger partial charge in [-0.25, -0.2) is 10.8 Å². The van der Waals surface area contributed by atoms with Crippen LogP contribution in [-0.2, 0) is 4.79 Å². The minimum absolute atomic E-state index is 0.118. The fourth-order valence-corrected chi connectivity index (χ4v) is 2.03. The number of oxazole rings is 1. The normalized spacial score (nSPS) is 10.4. The molecule has 0 aliphatic carbocycles. The Morgan fingerprint density at radius 3 is 2.81 bits per heavy atom. The molecule has 1 amide bonds. The Morgan fingerprint density at radius 1 is 1.50 bits per heavy atom. The average Bonchev–Trinajstić information content (AvgIpc) is 2.57. The van der Waals surface area contributed by atoms with Crippen LogP contribution in [0.3, 0.4) is 0 Å². The molecule has 0 fully saturated rings. The summed E-state index contributed by atoms with van der Waals surface area (Å²) >= 11 is 1.57. The Morgan fingerprint density at radius 2 is 2.25 bits per heavy atom. The van der Waals surface area contributed by atoms with Crippen LogP contribution < -0.4 is 11.3 Å². The first-order valence-electron chi connectivity index (χ1n) is 5.19. The van der Waals surface area contributed by atoms with Gasteiger partial charge in [0, 0.05) is 12.2 Å². The number of thioether (sulfide) groups is 1. The summed E-state index contributed by atoms with van der Waals surface area (Å²) in [5.74, 6) is 6.62. The molecule has 3 N–H and O–H groups in total. The third kappa shape index (κ3) is 4.24. The number of unbranched alkanes of at least 4 members (excludes halogenated alkanes) is 1. The Balaban J connectivity index is 2.14. The summed E-state index contributed by atoms with van der Waals surface area (Å²) in [7, 11) is 0. The molecule has 0 spiro atoms. The van der Waals surface area contributed by atoms with Crippen molar-refractivity contribution < 1.29 is 9.21 Å². The first-order chi connectivity index (χ1) is 7.63. The van der Waals surface area contributed by atoms with Crippen LogP contribution in [0.5, 0.6) is 0 Å². The zero-order chi connectivity index (χ0) is 12.0. The molecule has 0 aliphatic heterocycles. The standard InChI is InChI=1S/C10H17N3O2S/c1-7-8(2)15-10(12-7)16-6-4-3-5-9(14)13-11/h3-6,11H2,1-2H3,(H,13,14). The van der Waals surface area contributed by atoms with Gasteiger partial charge in [0.1, 0.15) is 5.76 Å². The van der Waals surface area contributed by atoms with Crippen LogP contribution in [0.25, 0.3) is 0 Å². The molecule has 0 saturated heterocycles. The van der Waals surface area contributed by atoms with Crippen molar-refractivity contribution in [3.8, 4) is 0 Å². The van der Waals surface area contributed by atoms with Crippen molar-refractivity contribution in [1.82, 2.24) is 10.4 Å². The maximum absolute atomic E-state index is 10.8. The first kappa shape index (κ1) is 13.1. The van der Waals surface area contributed by atoms with E-state index in [0.717, 1.165) is 30.0 Å². The highest BCUT2D eigenvalue weighted by Gasteiger charge is 2.05. The number of amides is 1.